The van der Waals surface area contributed by atoms with Crippen LogP contribution >= 0.6 is 11.3 Å². The Kier molecular flexibility index (Phi) is 5.23. The maximum atomic E-state index is 10.2. The van der Waals surface area contributed by atoms with Gasteiger partial charge in [-0.15, -0.1) is 11.3 Å². The van der Waals surface area contributed by atoms with Crippen molar-refractivity contribution < 1.29 is 9.52 Å². The number of hydrogen-bond donors (Lipinski definition) is 2. The molecule has 0 aliphatic heterocycles. The van der Waals surface area contributed by atoms with Gasteiger partial charge >= 0.3 is 0 Å². The second-order valence-electron chi connectivity index (χ2n) is 5.56. The van der Waals surface area contributed by atoms with Crippen molar-refractivity contribution in [2.24, 2.45) is 0 Å². The van der Waals surface area contributed by atoms with Gasteiger partial charge < -0.3 is 14.8 Å². The van der Waals surface area contributed by atoms with Gasteiger partial charge in [-0.25, -0.2) is 4.98 Å². The lowest BCUT2D eigenvalue weighted by Gasteiger charge is -2.16. The van der Waals surface area contributed by atoms with E-state index in [4.69, 9.17) is 4.42 Å². The molecule has 2 heterocycles. The van der Waals surface area contributed by atoms with Crippen molar-refractivity contribution in [3.63, 3.8) is 0 Å². The highest BCUT2D eigenvalue weighted by atomic mass is 32.1. The molecule has 0 aliphatic rings. The molecule has 23 heavy (non-hydrogen) atoms. The molecule has 0 aliphatic carbocycles. The average Bonchev–Trinajstić information content (AvgIpc) is 3.25. The molecule has 0 bridgehead atoms. The molecule has 0 fully saturated rings. The van der Waals surface area contributed by atoms with E-state index in [1.165, 1.54) is 0 Å². The number of oxazole rings is 1. The summed E-state index contributed by atoms with van der Waals surface area (Å²) >= 11 is 1.58. The molecular formula is C18H20N2O2S. The number of thiophene rings is 1. The first kappa shape index (κ1) is 15.9. The van der Waals surface area contributed by atoms with Crippen LogP contribution in [0.1, 0.15) is 30.0 Å². The molecule has 0 radical (unpaired) electrons. The molecule has 3 rings (SSSR count). The Bertz CT molecular complexity index is 710. The second kappa shape index (κ2) is 7.55. The van der Waals surface area contributed by atoms with Gasteiger partial charge in [-0.2, -0.15) is 0 Å². The van der Waals surface area contributed by atoms with Gasteiger partial charge in [-0.3, -0.25) is 0 Å². The van der Waals surface area contributed by atoms with Gasteiger partial charge in [0, 0.05) is 23.0 Å². The molecule has 5 heteroatoms. The lowest BCUT2D eigenvalue weighted by molar-refractivity contribution is 0.157. The van der Waals surface area contributed by atoms with Gasteiger partial charge in [0.15, 0.2) is 0 Å². The number of aliphatic hydroxyl groups is 1. The Morgan fingerprint density at radius 3 is 2.78 bits per heavy atom. The van der Waals surface area contributed by atoms with Gasteiger partial charge in [-0.05, 0) is 36.9 Å². The number of aromatic nitrogens is 1. The van der Waals surface area contributed by atoms with E-state index in [0.717, 1.165) is 16.1 Å². The highest BCUT2D eigenvalue weighted by Crippen LogP contribution is 2.23. The van der Waals surface area contributed by atoms with Gasteiger partial charge in [0.05, 0.1) is 11.8 Å². The van der Waals surface area contributed by atoms with Crippen molar-refractivity contribution in [3.8, 4) is 11.5 Å². The maximum Gasteiger partial charge on any atom is 0.226 e. The molecule has 0 saturated carbocycles. The van der Waals surface area contributed by atoms with Crippen molar-refractivity contribution in [1.29, 1.82) is 0 Å². The Balaban J connectivity index is 1.51. The summed E-state index contributed by atoms with van der Waals surface area (Å²) in [4.78, 5) is 5.50. The minimum absolute atomic E-state index is 0.184. The summed E-state index contributed by atoms with van der Waals surface area (Å²) in [5, 5.41) is 15.5. The van der Waals surface area contributed by atoms with Gasteiger partial charge in [0.25, 0.3) is 0 Å². The SMILES string of the molecule is CC(CC(O)c1cccs1)NCc1coc(-c2ccccc2)n1. The second-order valence-corrected chi connectivity index (χ2v) is 6.54. The van der Waals surface area contributed by atoms with E-state index in [1.807, 2.05) is 47.8 Å². The number of rotatable bonds is 7. The molecule has 0 amide bonds. The first-order valence-corrected chi connectivity index (χ1v) is 8.55. The zero-order chi connectivity index (χ0) is 16.1. The fourth-order valence-electron chi connectivity index (χ4n) is 2.40. The van der Waals surface area contributed by atoms with Crippen molar-refractivity contribution in [3.05, 3.63) is 64.7 Å². The van der Waals surface area contributed by atoms with E-state index in [1.54, 1.807) is 17.6 Å². The van der Waals surface area contributed by atoms with E-state index in [2.05, 4.69) is 17.2 Å². The first-order chi connectivity index (χ1) is 11.2. The highest BCUT2D eigenvalue weighted by molar-refractivity contribution is 7.10. The van der Waals surface area contributed by atoms with Gasteiger partial charge in [0.2, 0.25) is 5.89 Å². The Morgan fingerprint density at radius 1 is 1.22 bits per heavy atom. The zero-order valence-corrected chi connectivity index (χ0v) is 13.8. The third-order valence-corrected chi connectivity index (χ3v) is 4.63. The molecule has 0 spiro atoms. The van der Waals surface area contributed by atoms with Crippen molar-refractivity contribution in [1.82, 2.24) is 10.3 Å². The predicted molar refractivity (Wildman–Crippen MR) is 92.1 cm³/mol. The van der Waals surface area contributed by atoms with E-state index < -0.39 is 6.10 Å². The summed E-state index contributed by atoms with van der Waals surface area (Å²) in [6.07, 6.45) is 1.93. The van der Waals surface area contributed by atoms with Gasteiger partial charge in [-0.1, -0.05) is 24.3 Å². The summed E-state index contributed by atoms with van der Waals surface area (Å²) in [5.41, 5.74) is 1.83. The van der Waals surface area contributed by atoms with E-state index >= 15 is 0 Å². The van der Waals surface area contributed by atoms with Crippen LogP contribution < -0.4 is 5.32 Å². The lowest BCUT2D eigenvalue weighted by Crippen LogP contribution is -2.27. The first-order valence-electron chi connectivity index (χ1n) is 7.67. The minimum atomic E-state index is -0.422. The fourth-order valence-corrected chi connectivity index (χ4v) is 3.12. The van der Waals surface area contributed by atoms with E-state index in [9.17, 15) is 5.11 Å². The van der Waals surface area contributed by atoms with Gasteiger partial charge in [0.1, 0.15) is 6.26 Å². The fraction of sp³-hybridized carbons (Fsp3) is 0.278. The lowest BCUT2D eigenvalue weighted by atomic mass is 10.1. The topological polar surface area (TPSA) is 58.3 Å². The Labute approximate surface area is 139 Å². The van der Waals surface area contributed by atoms with Crippen LogP contribution in [-0.4, -0.2) is 16.1 Å². The summed E-state index contributed by atoms with van der Waals surface area (Å²) in [5.74, 6) is 0.633. The van der Waals surface area contributed by atoms with E-state index in [0.29, 0.717) is 18.9 Å². The number of nitrogens with one attached hydrogen (secondary N) is 1. The number of hydrogen-bond acceptors (Lipinski definition) is 5. The normalized spacial score (nSPS) is 13.8. The smallest absolute Gasteiger partial charge is 0.226 e. The molecule has 2 unspecified atom stereocenters. The molecule has 120 valence electrons. The standard InChI is InChI=1S/C18H20N2O2S/c1-13(10-16(21)17-8-5-9-23-17)19-11-15-12-22-18(20-15)14-6-3-2-4-7-14/h2-9,12-13,16,19,21H,10-11H2,1H3. The largest absolute Gasteiger partial charge is 0.444 e. The summed E-state index contributed by atoms with van der Waals surface area (Å²) in [6.45, 7) is 2.68. The number of benzene rings is 1. The summed E-state index contributed by atoms with van der Waals surface area (Å²) in [6, 6.07) is 14.0. The monoisotopic (exact) mass is 328 g/mol. The molecule has 2 N–H and O–H groups in total. The molecule has 2 aromatic heterocycles. The molecule has 3 aromatic rings. The van der Waals surface area contributed by atoms with Crippen LogP contribution in [0.3, 0.4) is 0 Å². The zero-order valence-electron chi connectivity index (χ0n) is 13.0. The van der Waals surface area contributed by atoms with Crippen LogP contribution in [0.25, 0.3) is 11.5 Å². The average molecular weight is 328 g/mol. The van der Waals surface area contributed by atoms with E-state index in [-0.39, 0.29) is 6.04 Å². The predicted octanol–water partition coefficient (Wildman–Crippen LogP) is 4.00. The van der Waals surface area contributed by atoms with Crippen molar-refractivity contribution in [2.45, 2.75) is 32.0 Å². The quantitative estimate of drug-likeness (QED) is 0.688. The van der Waals surface area contributed by atoms with Crippen LogP contribution in [0.5, 0.6) is 0 Å². The molecule has 4 nitrogen and oxygen atoms in total. The molecule has 2 atom stereocenters. The summed E-state index contributed by atoms with van der Waals surface area (Å²) in [7, 11) is 0. The molecule has 0 saturated heterocycles. The van der Waals surface area contributed by atoms with Crippen molar-refractivity contribution >= 4 is 11.3 Å². The molecule has 1 aromatic carbocycles. The summed E-state index contributed by atoms with van der Waals surface area (Å²) < 4.78 is 5.52. The minimum Gasteiger partial charge on any atom is -0.444 e. The van der Waals surface area contributed by atoms with Crippen molar-refractivity contribution in [2.75, 3.05) is 0 Å². The van der Waals surface area contributed by atoms with Crippen LogP contribution in [0.2, 0.25) is 0 Å². The van der Waals surface area contributed by atoms with Crippen LogP contribution in [-0.2, 0) is 6.54 Å². The Hall–Kier alpha value is -1.95. The maximum absolute atomic E-state index is 10.2. The Morgan fingerprint density at radius 2 is 2.04 bits per heavy atom. The van der Waals surface area contributed by atoms with Crippen LogP contribution in [0, 0.1) is 0 Å². The number of nitrogens with zero attached hydrogens (tertiary/aromatic N) is 1. The number of aliphatic hydroxyl groups excluding tert-OH is 1. The third kappa shape index (κ3) is 4.28. The molecular weight excluding hydrogens is 308 g/mol. The van der Waals surface area contributed by atoms with Crippen LogP contribution in [0.15, 0.2) is 58.5 Å². The third-order valence-electron chi connectivity index (χ3n) is 3.65. The van der Waals surface area contributed by atoms with Crippen LogP contribution in [0.4, 0.5) is 0 Å². The highest BCUT2D eigenvalue weighted by Gasteiger charge is 2.14.